The summed E-state index contributed by atoms with van der Waals surface area (Å²) >= 11 is 0. The molecule has 2 rings (SSSR count). The third-order valence-electron chi connectivity index (χ3n) is 3.41. The van der Waals surface area contributed by atoms with Gasteiger partial charge >= 0.3 is 0 Å². The van der Waals surface area contributed by atoms with E-state index in [1.165, 1.54) is 18.2 Å². The molecule has 0 aliphatic rings. The van der Waals surface area contributed by atoms with Crippen LogP contribution in [0.4, 0.5) is 8.78 Å². The minimum Gasteiger partial charge on any atom is -0.316 e. The van der Waals surface area contributed by atoms with Crippen LogP contribution in [-0.2, 0) is 6.42 Å². The largest absolute Gasteiger partial charge is 0.316 e. The molecule has 1 nitrogen and oxygen atoms in total. The van der Waals surface area contributed by atoms with Gasteiger partial charge in [0, 0.05) is 12.5 Å². The van der Waals surface area contributed by atoms with Gasteiger partial charge in [-0.05, 0) is 42.3 Å². The smallest absolute Gasteiger partial charge is 0.126 e. The van der Waals surface area contributed by atoms with Gasteiger partial charge < -0.3 is 5.32 Å². The van der Waals surface area contributed by atoms with Crippen molar-refractivity contribution in [1.82, 2.24) is 5.32 Å². The van der Waals surface area contributed by atoms with E-state index < -0.39 is 0 Å². The zero-order valence-electron chi connectivity index (χ0n) is 11.6. The third kappa shape index (κ3) is 3.87. The van der Waals surface area contributed by atoms with Gasteiger partial charge in [0.2, 0.25) is 0 Å². The van der Waals surface area contributed by atoms with Crippen LogP contribution >= 0.6 is 0 Å². The van der Waals surface area contributed by atoms with E-state index in [0.29, 0.717) is 12.0 Å². The van der Waals surface area contributed by atoms with Gasteiger partial charge in [-0.3, -0.25) is 0 Å². The van der Waals surface area contributed by atoms with Gasteiger partial charge in [-0.1, -0.05) is 37.3 Å². The Balaban J connectivity index is 2.19. The molecule has 3 heteroatoms. The van der Waals surface area contributed by atoms with E-state index in [-0.39, 0.29) is 17.6 Å². The Morgan fingerprint density at radius 1 is 1.00 bits per heavy atom. The van der Waals surface area contributed by atoms with Crippen LogP contribution in [0.15, 0.2) is 48.5 Å². The first-order valence-corrected chi connectivity index (χ1v) is 6.90. The second-order valence-corrected chi connectivity index (χ2v) is 4.85. The normalized spacial score (nSPS) is 12.3. The molecule has 0 aliphatic heterocycles. The Morgan fingerprint density at radius 3 is 2.35 bits per heavy atom. The van der Waals surface area contributed by atoms with E-state index in [9.17, 15) is 8.78 Å². The number of hydrogen-bond acceptors (Lipinski definition) is 1. The summed E-state index contributed by atoms with van der Waals surface area (Å²) < 4.78 is 26.8. The van der Waals surface area contributed by atoms with E-state index in [2.05, 4.69) is 5.32 Å². The highest BCUT2D eigenvalue weighted by molar-refractivity contribution is 5.26. The van der Waals surface area contributed by atoms with Crippen molar-refractivity contribution in [2.45, 2.75) is 19.3 Å². The van der Waals surface area contributed by atoms with E-state index in [1.807, 2.05) is 13.0 Å². The van der Waals surface area contributed by atoms with E-state index in [1.54, 1.807) is 24.3 Å². The summed E-state index contributed by atoms with van der Waals surface area (Å²) in [5.41, 5.74) is 1.72. The first-order chi connectivity index (χ1) is 9.70. The van der Waals surface area contributed by atoms with Gasteiger partial charge in [-0.2, -0.15) is 0 Å². The molecule has 106 valence electrons. The fraction of sp³-hybridized carbons (Fsp3) is 0.294. The van der Waals surface area contributed by atoms with Gasteiger partial charge in [0.1, 0.15) is 11.6 Å². The highest BCUT2D eigenvalue weighted by Gasteiger charge is 2.14. The lowest BCUT2D eigenvalue weighted by Gasteiger charge is -2.18. The highest BCUT2D eigenvalue weighted by Crippen LogP contribution is 2.22. The molecule has 20 heavy (non-hydrogen) atoms. The van der Waals surface area contributed by atoms with Crippen molar-refractivity contribution >= 4 is 0 Å². The summed E-state index contributed by atoms with van der Waals surface area (Å²) in [5.74, 6) is -0.301. The summed E-state index contributed by atoms with van der Waals surface area (Å²) in [5, 5.41) is 3.28. The van der Waals surface area contributed by atoms with E-state index in [0.717, 1.165) is 18.7 Å². The van der Waals surface area contributed by atoms with E-state index in [4.69, 9.17) is 0 Å². The first-order valence-electron chi connectivity index (χ1n) is 6.90. The van der Waals surface area contributed by atoms with Crippen LogP contribution in [0, 0.1) is 11.6 Å². The minimum absolute atomic E-state index is 0.132. The van der Waals surface area contributed by atoms with Gasteiger partial charge in [0.15, 0.2) is 0 Å². The Labute approximate surface area is 118 Å². The minimum atomic E-state index is -0.248. The van der Waals surface area contributed by atoms with Crippen molar-refractivity contribution in [1.29, 1.82) is 0 Å². The number of nitrogens with one attached hydrogen (secondary N) is 1. The molecule has 0 spiro atoms. The predicted molar refractivity (Wildman–Crippen MR) is 77.8 cm³/mol. The predicted octanol–water partition coefficient (Wildman–Crippen LogP) is 3.90. The molecular weight excluding hydrogens is 256 g/mol. The molecule has 0 amide bonds. The summed E-state index contributed by atoms with van der Waals surface area (Å²) in [6.07, 6.45) is 0.602. The molecule has 1 atom stereocenters. The topological polar surface area (TPSA) is 12.0 Å². The van der Waals surface area contributed by atoms with Gasteiger partial charge in [0.05, 0.1) is 0 Å². The Hall–Kier alpha value is -1.74. The van der Waals surface area contributed by atoms with Crippen molar-refractivity contribution in [3.63, 3.8) is 0 Å². The molecule has 0 heterocycles. The lowest BCUT2D eigenvalue weighted by Crippen LogP contribution is -2.23. The number of likely N-dealkylation sites (N-methyl/N-ethyl adjacent to an activating group) is 1. The average molecular weight is 275 g/mol. The van der Waals surface area contributed by atoms with E-state index >= 15 is 0 Å². The van der Waals surface area contributed by atoms with Crippen molar-refractivity contribution in [3.8, 4) is 0 Å². The lowest BCUT2D eigenvalue weighted by molar-refractivity contribution is 0.560. The maximum Gasteiger partial charge on any atom is 0.126 e. The number of hydrogen-bond donors (Lipinski definition) is 1. The van der Waals surface area contributed by atoms with Crippen LogP contribution in [0.2, 0.25) is 0 Å². The first kappa shape index (κ1) is 14.7. The van der Waals surface area contributed by atoms with Gasteiger partial charge in [-0.25, -0.2) is 8.78 Å². The molecule has 2 aromatic rings. The SMILES string of the molecule is CCNCC(Cc1ccccc1F)c1ccc(F)cc1. The average Bonchev–Trinajstić information content (AvgIpc) is 2.46. The zero-order chi connectivity index (χ0) is 14.4. The molecule has 0 aromatic heterocycles. The van der Waals surface area contributed by atoms with Gasteiger partial charge in [-0.15, -0.1) is 0 Å². The summed E-state index contributed by atoms with van der Waals surface area (Å²) in [6, 6.07) is 13.3. The number of rotatable bonds is 6. The highest BCUT2D eigenvalue weighted by atomic mass is 19.1. The molecule has 0 bridgehead atoms. The molecule has 0 fully saturated rings. The maximum absolute atomic E-state index is 13.8. The Morgan fingerprint density at radius 2 is 1.70 bits per heavy atom. The summed E-state index contributed by atoms with van der Waals surface area (Å²) in [4.78, 5) is 0. The monoisotopic (exact) mass is 275 g/mol. The van der Waals surface area contributed by atoms with Crippen molar-refractivity contribution in [2.75, 3.05) is 13.1 Å². The maximum atomic E-state index is 13.8. The molecule has 1 unspecified atom stereocenters. The molecule has 0 saturated carbocycles. The van der Waals surface area contributed by atoms with Crippen LogP contribution in [0.1, 0.15) is 24.0 Å². The molecule has 0 radical (unpaired) electrons. The molecular formula is C17H19F2N. The Kier molecular flexibility index (Phi) is 5.24. The number of halogens is 2. The standard InChI is InChI=1S/C17H19F2N/c1-2-20-12-15(13-7-9-16(18)10-8-13)11-14-5-3-4-6-17(14)19/h3-10,15,20H,2,11-12H2,1H3. The van der Waals surface area contributed by atoms with Crippen LogP contribution in [0.5, 0.6) is 0 Å². The fourth-order valence-corrected chi connectivity index (χ4v) is 2.29. The third-order valence-corrected chi connectivity index (χ3v) is 3.41. The van der Waals surface area contributed by atoms with Crippen molar-refractivity contribution in [3.05, 3.63) is 71.3 Å². The molecule has 2 aromatic carbocycles. The van der Waals surface area contributed by atoms with Crippen LogP contribution < -0.4 is 5.32 Å². The Bertz CT molecular complexity index is 537. The molecule has 0 aliphatic carbocycles. The fourth-order valence-electron chi connectivity index (χ4n) is 2.29. The van der Waals surface area contributed by atoms with Crippen LogP contribution in [0.3, 0.4) is 0 Å². The van der Waals surface area contributed by atoms with Crippen LogP contribution in [-0.4, -0.2) is 13.1 Å². The van der Waals surface area contributed by atoms with Crippen LogP contribution in [0.25, 0.3) is 0 Å². The zero-order valence-corrected chi connectivity index (χ0v) is 11.6. The number of benzene rings is 2. The lowest BCUT2D eigenvalue weighted by atomic mass is 9.91. The van der Waals surface area contributed by atoms with Gasteiger partial charge in [0.25, 0.3) is 0 Å². The quantitative estimate of drug-likeness (QED) is 0.843. The second-order valence-electron chi connectivity index (χ2n) is 4.85. The van der Waals surface area contributed by atoms with Crippen molar-refractivity contribution in [2.24, 2.45) is 0 Å². The summed E-state index contributed by atoms with van der Waals surface area (Å²) in [7, 11) is 0. The summed E-state index contributed by atoms with van der Waals surface area (Å²) in [6.45, 7) is 3.64. The second kappa shape index (κ2) is 7.15. The molecule has 1 N–H and O–H groups in total. The van der Waals surface area contributed by atoms with Crippen molar-refractivity contribution < 1.29 is 8.78 Å². The molecule has 0 saturated heterocycles.